The van der Waals surface area contributed by atoms with Crippen LogP contribution < -0.4 is 44.6 Å². The van der Waals surface area contributed by atoms with Crippen molar-refractivity contribution in [2.24, 2.45) is 11.8 Å². The normalized spacial score (nSPS) is 15.4. The number of amides is 4. The van der Waals surface area contributed by atoms with Crippen LogP contribution in [-0.4, -0.2) is 72.7 Å². The van der Waals surface area contributed by atoms with E-state index in [1.807, 2.05) is 0 Å². The molecule has 4 rings (SSSR count). The van der Waals surface area contributed by atoms with Crippen LogP contribution in [0.1, 0.15) is 81.0 Å². The van der Waals surface area contributed by atoms with Crippen LogP contribution in [0.4, 0.5) is 0 Å². The van der Waals surface area contributed by atoms with E-state index in [4.69, 9.17) is 0 Å². The lowest BCUT2D eigenvalue weighted by Gasteiger charge is -2.18. The second-order valence-corrected chi connectivity index (χ2v) is 10.8. The molecule has 2 aliphatic heterocycles. The number of unbranched alkanes of at least 4 members (excludes halogenated alkanes) is 3. The average Bonchev–Trinajstić information content (AvgIpc) is 3.30. The van der Waals surface area contributed by atoms with Gasteiger partial charge >= 0.3 is 0 Å². The third-order valence-electron chi connectivity index (χ3n) is 7.45. The Kier molecular flexibility index (Phi) is 13.6. The van der Waals surface area contributed by atoms with Gasteiger partial charge in [-0.3, -0.25) is 29.0 Å². The van der Waals surface area contributed by atoms with Gasteiger partial charge < -0.3 is 44.6 Å². The summed E-state index contributed by atoms with van der Waals surface area (Å²) in [6, 6.07) is 14.1. The van der Waals surface area contributed by atoms with Gasteiger partial charge in [0.15, 0.2) is 0 Å². The van der Waals surface area contributed by atoms with E-state index < -0.39 is 0 Å². The standard InChI is InChI=1S/C30H38N4O4.2BrH/c1-21(19-33-27(35)23-11-5-6-12-24(23)28(33)36)17-31-15-9-3-4-10-16-32-18-22(2)20-34-29(37)25-13-7-8-14-26(25)30(34)38;;/h5-8,11-14,21-22,31-32H,3-4,9-10,15-20H2,1-2H3;2*1H. The van der Waals surface area contributed by atoms with E-state index in [2.05, 4.69) is 24.5 Å². The number of rotatable bonds is 15. The minimum absolute atomic E-state index is 0. The zero-order valence-electron chi connectivity index (χ0n) is 23.3. The van der Waals surface area contributed by atoms with Crippen molar-refractivity contribution in [3.05, 3.63) is 70.8 Å². The van der Waals surface area contributed by atoms with Crippen molar-refractivity contribution >= 4 is 23.6 Å². The molecule has 4 N–H and O–H groups in total. The molecule has 0 spiro atoms. The maximum Gasteiger partial charge on any atom is 0.261 e. The molecule has 0 fully saturated rings. The molecule has 0 bridgehead atoms. The zero-order chi connectivity index (χ0) is 27.1. The van der Waals surface area contributed by atoms with Crippen molar-refractivity contribution in [1.82, 2.24) is 9.80 Å². The highest BCUT2D eigenvalue weighted by molar-refractivity contribution is 6.22. The molecule has 0 saturated heterocycles. The van der Waals surface area contributed by atoms with Crippen molar-refractivity contribution in [1.29, 1.82) is 0 Å². The molecule has 2 aliphatic rings. The average molecular weight is 680 g/mol. The van der Waals surface area contributed by atoms with Gasteiger partial charge in [0.25, 0.3) is 23.6 Å². The van der Waals surface area contributed by atoms with Gasteiger partial charge in [0.2, 0.25) is 0 Å². The predicted octanol–water partition coefficient (Wildman–Crippen LogP) is -4.45. The Morgan fingerprint density at radius 1 is 0.550 bits per heavy atom. The molecule has 8 nitrogen and oxygen atoms in total. The van der Waals surface area contributed by atoms with Gasteiger partial charge in [-0.05, 0) is 49.9 Å². The number of halogens is 2. The van der Waals surface area contributed by atoms with Crippen LogP contribution in [0, 0.1) is 11.8 Å². The Balaban J connectivity index is 0.00000280. The highest BCUT2D eigenvalue weighted by atomic mass is 79.9. The van der Waals surface area contributed by atoms with Crippen molar-refractivity contribution in [3.8, 4) is 0 Å². The van der Waals surface area contributed by atoms with Gasteiger partial charge in [0, 0.05) is 24.9 Å². The van der Waals surface area contributed by atoms with Gasteiger partial charge in [-0.1, -0.05) is 38.1 Å². The van der Waals surface area contributed by atoms with Crippen molar-refractivity contribution in [2.45, 2.75) is 39.5 Å². The van der Waals surface area contributed by atoms with E-state index in [0.29, 0.717) is 35.3 Å². The molecule has 10 heteroatoms. The molecule has 0 aromatic heterocycles. The molecule has 2 heterocycles. The number of hydrogen-bond acceptors (Lipinski definition) is 4. The third-order valence-corrected chi connectivity index (χ3v) is 7.45. The first-order valence-electron chi connectivity index (χ1n) is 13.9. The summed E-state index contributed by atoms with van der Waals surface area (Å²) in [5.41, 5.74) is 2.07. The second kappa shape index (κ2) is 16.1. The topological polar surface area (TPSA) is 108 Å². The Bertz CT molecular complexity index is 1030. The summed E-state index contributed by atoms with van der Waals surface area (Å²) in [7, 11) is 0. The number of nitrogens with zero attached hydrogens (tertiary/aromatic N) is 2. The molecule has 2 aromatic rings. The number of hydrogen-bond donors (Lipinski definition) is 2. The number of carbonyl (C=O) groups excluding carboxylic acids is 4. The van der Waals surface area contributed by atoms with Crippen LogP contribution in [0.25, 0.3) is 0 Å². The predicted molar refractivity (Wildman–Crippen MR) is 144 cm³/mol. The fraction of sp³-hybridized carbons (Fsp3) is 0.467. The molecule has 0 aliphatic carbocycles. The third kappa shape index (κ3) is 8.09. The van der Waals surface area contributed by atoms with E-state index in [-0.39, 0.29) is 69.4 Å². The quantitative estimate of drug-likeness (QED) is 0.146. The summed E-state index contributed by atoms with van der Waals surface area (Å²) in [6.45, 7) is 8.99. The number of imide groups is 2. The molecule has 2 atom stereocenters. The fourth-order valence-electron chi connectivity index (χ4n) is 5.32. The molecule has 40 heavy (non-hydrogen) atoms. The molecular weight excluding hydrogens is 640 g/mol. The summed E-state index contributed by atoms with van der Waals surface area (Å²) in [5.74, 6) is -0.206. The molecule has 4 amide bonds. The maximum atomic E-state index is 12.5. The molecule has 2 unspecified atom stereocenters. The Morgan fingerprint density at radius 3 is 1.15 bits per heavy atom. The highest BCUT2D eigenvalue weighted by Gasteiger charge is 2.36. The first-order valence-corrected chi connectivity index (χ1v) is 13.9. The summed E-state index contributed by atoms with van der Waals surface area (Å²) < 4.78 is 0. The van der Waals surface area contributed by atoms with Crippen LogP contribution in [0.2, 0.25) is 0 Å². The van der Waals surface area contributed by atoms with E-state index in [1.54, 1.807) is 48.5 Å². The van der Waals surface area contributed by atoms with E-state index in [1.165, 1.54) is 22.6 Å². The zero-order valence-corrected chi connectivity index (χ0v) is 26.5. The van der Waals surface area contributed by atoms with Crippen molar-refractivity contribution < 1.29 is 63.8 Å². The number of fused-ring (bicyclic) bond motifs is 2. The summed E-state index contributed by atoms with van der Waals surface area (Å²) in [6.07, 6.45) is 4.66. The summed E-state index contributed by atoms with van der Waals surface area (Å²) in [5, 5.41) is 4.58. The molecule has 2 aromatic carbocycles. The molecule has 0 radical (unpaired) electrons. The van der Waals surface area contributed by atoms with Crippen LogP contribution in [0.5, 0.6) is 0 Å². The van der Waals surface area contributed by atoms with E-state index in [9.17, 15) is 19.2 Å². The van der Waals surface area contributed by atoms with E-state index >= 15 is 0 Å². The monoisotopic (exact) mass is 678 g/mol. The lowest BCUT2D eigenvalue weighted by Crippen LogP contribution is -3.00. The first kappa shape index (κ1) is 33.8. The first-order chi connectivity index (χ1) is 18.4. The largest absolute Gasteiger partial charge is 1.00 e. The Labute approximate surface area is 257 Å². The van der Waals surface area contributed by atoms with Gasteiger partial charge in [-0.2, -0.15) is 0 Å². The number of carbonyl (C=O) groups is 4. The number of nitrogens with two attached hydrogens (primary N) is 2. The smallest absolute Gasteiger partial charge is 0.261 e. The minimum atomic E-state index is -0.174. The summed E-state index contributed by atoms with van der Waals surface area (Å²) >= 11 is 0. The maximum absolute atomic E-state index is 12.5. The van der Waals surface area contributed by atoms with Crippen LogP contribution >= 0.6 is 0 Å². The second-order valence-electron chi connectivity index (χ2n) is 10.8. The van der Waals surface area contributed by atoms with Crippen LogP contribution in [-0.2, 0) is 0 Å². The number of benzene rings is 2. The van der Waals surface area contributed by atoms with Gasteiger partial charge in [0.1, 0.15) is 0 Å². The Hall–Kier alpha value is -2.40. The van der Waals surface area contributed by atoms with Crippen LogP contribution in [0.15, 0.2) is 48.5 Å². The van der Waals surface area contributed by atoms with Crippen molar-refractivity contribution in [3.63, 3.8) is 0 Å². The van der Waals surface area contributed by atoms with E-state index in [0.717, 1.165) is 39.0 Å². The van der Waals surface area contributed by atoms with Gasteiger partial charge in [-0.15, -0.1) is 0 Å². The Morgan fingerprint density at radius 2 is 0.850 bits per heavy atom. The minimum Gasteiger partial charge on any atom is -1.00 e. The summed E-state index contributed by atoms with van der Waals surface area (Å²) in [4.78, 5) is 52.8. The number of quaternary nitrogens is 2. The lowest BCUT2D eigenvalue weighted by molar-refractivity contribution is -0.661. The lowest BCUT2D eigenvalue weighted by atomic mass is 10.1. The van der Waals surface area contributed by atoms with Crippen LogP contribution in [0.3, 0.4) is 0 Å². The highest BCUT2D eigenvalue weighted by Crippen LogP contribution is 2.24. The van der Waals surface area contributed by atoms with Crippen molar-refractivity contribution in [2.75, 3.05) is 39.3 Å². The van der Waals surface area contributed by atoms with Gasteiger partial charge in [0.05, 0.1) is 48.4 Å². The molecule has 218 valence electrons. The molecule has 0 saturated carbocycles. The SMILES string of the molecule is CC(C[NH2+]CCCCCC[NH2+]CC(C)CN1C(=O)c2ccccc2C1=O)CN1C(=O)c2ccccc2C1=O.[Br-].[Br-]. The van der Waals surface area contributed by atoms with Gasteiger partial charge in [-0.25, -0.2) is 0 Å². The molecular formula is C30H40Br2N4O4. The fourth-order valence-corrected chi connectivity index (χ4v) is 5.32.